The van der Waals surface area contributed by atoms with Gasteiger partial charge < -0.3 is 39.4 Å². The summed E-state index contributed by atoms with van der Waals surface area (Å²) in [6, 6.07) is 0. The Morgan fingerprint density at radius 2 is 0.951 bits per heavy atom. The van der Waals surface area contributed by atoms with E-state index in [0.29, 0.717) is 13.0 Å². The van der Waals surface area contributed by atoms with E-state index in [-0.39, 0.29) is 19.2 Å². The van der Waals surface area contributed by atoms with Crippen molar-refractivity contribution in [1.82, 2.24) is 0 Å². The van der Waals surface area contributed by atoms with Crippen LogP contribution in [0.5, 0.6) is 0 Å². The Bertz CT molecular complexity index is 1030. The van der Waals surface area contributed by atoms with E-state index in [1.54, 1.807) is 0 Å². The van der Waals surface area contributed by atoms with E-state index in [4.69, 9.17) is 18.9 Å². The molecule has 1 rings (SSSR count). The Morgan fingerprint density at radius 3 is 1.43 bits per heavy atom. The first-order valence-corrected chi connectivity index (χ1v) is 25.6. The molecule has 4 N–H and O–H groups in total. The van der Waals surface area contributed by atoms with Crippen molar-refractivity contribution >= 4 is 5.97 Å². The van der Waals surface area contributed by atoms with Crippen molar-refractivity contribution in [2.24, 2.45) is 0 Å². The minimum absolute atomic E-state index is 0.112. The van der Waals surface area contributed by atoms with Crippen LogP contribution in [0.3, 0.4) is 0 Å². The lowest BCUT2D eigenvalue weighted by molar-refractivity contribution is -0.305. The predicted octanol–water partition coefficient (Wildman–Crippen LogP) is 12.3. The maximum absolute atomic E-state index is 12.8. The molecule has 0 aromatic heterocycles. The minimum Gasteiger partial charge on any atom is -0.457 e. The van der Waals surface area contributed by atoms with Crippen LogP contribution in [0.15, 0.2) is 36.5 Å². The van der Waals surface area contributed by atoms with E-state index >= 15 is 0 Å². The van der Waals surface area contributed by atoms with E-state index in [0.717, 1.165) is 44.9 Å². The van der Waals surface area contributed by atoms with Gasteiger partial charge in [-0.1, -0.05) is 204 Å². The topological polar surface area (TPSA) is 135 Å². The zero-order chi connectivity index (χ0) is 44.3. The standard InChI is InChI=1S/C52H96O9/c1-3-5-7-9-11-13-15-17-18-19-20-21-22-23-24-25-26-27-28-29-31-33-35-37-39-41-48(54)60-46(45-59-52-51(57)50(56)49(55)47(43-53)61-52)44-58-42-40-38-36-34-32-30-16-14-12-10-8-6-4-2/h15,17,19-20,22-23,46-47,49-53,55-57H,3-14,16,18,21,24-45H2,1-2H3/b17-15-,20-19-,23-22-. The fourth-order valence-electron chi connectivity index (χ4n) is 7.79. The van der Waals surface area contributed by atoms with Gasteiger partial charge in [-0.3, -0.25) is 4.79 Å². The molecule has 0 bridgehead atoms. The van der Waals surface area contributed by atoms with Gasteiger partial charge in [0.2, 0.25) is 0 Å². The molecule has 9 heteroatoms. The highest BCUT2D eigenvalue weighted by Gasteiger charge is 2.44. The third kappa shape index (κ3) is 34.5. The molecule has 1 heterocycles. The van der Waals surface area contributed by atoms with Crippen LogP contribution in [0.2, 0.25) is 0 Å². The zero-order valence-corrected chi connectivity index (χ0v) is 39.4. The summed E-state index contributed by atoms with van der Waals surface area (Å²) in [6.07, 6.45) is 46.0. The molecular weight excluding hydrogens is 769 g/mol. The van der Waals surface area contributed by atoms with E-state index in [2.05, 4.69) is 50.3 Å². The first-order valence-electron chi connectivity index (χ1n) is 25.6. The molecule has 0 aromatic rings. The molecule has 0 aromatic carbocycles. The summed E-state index contributed by atoms with van der Waals surface area (Å²) in [5.41, 5.74) is 0. The number of hydrogen-bond donors (Lipinski definition) is 4. The van der Waals surface area contributed by atoms with Gasteiger partial charge in [-0.15, -0.1) is 0 Å². The van der Waals surface area contributed by atoms with E-state index < -0.39 is 43.4 Å². The lowest BCUT2D eigenvalue weighted by Gasteiger charge is -2.39. The number of hydrogen-bond acceptors (Lipinski definition) is 9. The SMILES string of the molecule is CCCCCCC/C=C\C/C=C\C/C=C\CCCCCCCCCCCCC(=O)OC(COCCCCCCCCCCCCCCC)COC1OC(CO)C(O)C(O)C1O. The fraction of sp³-hybridized carbons (Fsp3) is 0.865. The molecule has 0 amide bonds. The van der Waals surface area contributed by atoms with E-state index in [1.165, 1.54) is 161 Å². The molecule has 0 aliphatic carbocycles. The molecule has 6 unspecified atom stereocenters. The summed E-state index contributed by atoms with van der Waals surface area (Å²) in [5, 5.41) is 40.2. The molecule has 6 atom stereocenters. The summed E-state index contributed by atoms with van der Waals surface area (Å²) < 4.78 is 22.9. The van der Waals surface area contributed by atoms with Gasteiger partial charge in [0.05, 0.1) is 19.8 Å². The highest BCUT2D eigenvalue weighted by molar-refractivity contribution is 5.69. The van der Waals surface area contributed by atoms with Gasteiger partial charge in [-0.2, -0.15) is 0 Å². The molecule has 1 aliphatic rings. The van der Waals surface area contributed by atoms with Gasteiger partial charge >= 0.3 is 5.97 Å². The predicted molar refractivity (Wildman–Crippen MR) is 252 cm³/mol. The number of carbonyl (C=O) groups is 1. The maximum Gasteiger partial charge on any atom is 0.306 e. The molecule has 0 spiro atoms. The molecule has 9 nitrogen and oxygen atoms in total. The van der Waals surface area contributed by atoms with Crippen LogP contribution in [0.25, 0.3) is 0 Å². The van der Waals surface area contributed by atoms with Crippen LogP contribution in [-0.4, -0.2) is 89.6 Å². The second kappa shape index (κ2) is 43.7. The van der Waals surface area contributed by atoms with Crippen molar-refractivity contribution in [1.29, 1.82) is 0 Å². The Morgan fingerprint density at radius 1 is 0.525 bits per heavy atom. The summed E-state index contributed by atoms with van der Waals surface area (Å²) in [4.78, 5) is 12.8. The average Bonchev–Trinajstić information content (AvgIpc) is 3.26. The molecular formula is C52H96O9. The largest absolute Gasteiger partial charge is 0.457 e. The number of unbranched alkanes of at least 4 members (excludes halogenated alkanes) is 27. The van der Waals surface area contributed by atoms with Gasteiger partial charge in [-0.25, -0.2) is 0 Å². The number of esters is 1. The van der Waals surface area contributed by atoms with Crippen LogP contribution in [0.1, 0.15) is 226 Å². The fourth-order valence-corrected chi connectivity index (χ4v) is 7.79. The van der Waals surface area contributed by atoms with Crippen LogP contribution < -0.4 is 0 Å². The molecule has 1 aliphatic heterocycles. The van der Waals surface area contributed by atoms with Crippen molar-refractivity contribution in [3.8, 4) is 0 Å². The Labute approximate surface area is 374 Å². The van der Waals surface area contributed by atoms with Crippen LogP contribution in [0.4, 0.5) is 0 Å². The van der Waals surface area contributed by atoms with Gasteiger partial charge in [0.25, 0.3) is 0 Å². The number of aliphatic hydroxyl groups is 4. The first kappa shape index (κ1) is 57.4. The Kier molecular flexibility index (Phi) is 41.1. The lowest BCUT2D eigenvalue weighted by atomic mass is 9.99. The minimum atomic E-state index is -1.54. The maximum atomic E-state index is 12.8. The Balaban J connectivity index is 2.18. The summed E-state index contributed by atoms with van der Waals surface area (Å²) in [6.45, 7) is 4.57. The second-order valence-corrected chi connectivity index (χ2v) is 17.6. The number of carbonyl (C=O) groups excluding carboxylic acids is 1. The number of rotatable bonds is 44. The van der Waals surface area contributed by atoms with Crippen molar-refractivity contribution < 1.29 is 44.2 Å². The van der Waals surface area contributed by atoms with Crippen molar-refractivity contribution in [2.75, 3.05) is 26.4 Å². The third-order valence-corrected chi connectivity index (χ3v) is 11.8. The van der Waals surface area contributed by atoms with Crippen molar-refractivity contribution in [2.45, 2.75) is 263 Å². The third-order valence-electron chi connectivity index (χ3n) is 11.8. The molecule has 1 fully saturated rings. The molecule has 61 heavy (non-hydrogen) atoms. The van der Waals surface area contributed by atoms with Gasteiger partial charge in [0.15, 0.2) is 6.29 Å². The number of ether oxygens (including phenoxy) is 4. The van der Waals surface area contributed by atoms with Gasteiger partial charge in [0.1, 0.15) is 30.5 Å². The molecule has 0 radical (unpaired) electrons. The number of aliphatic hydroxyl groups excluding tert-OH is 4. The van der Waals surface area contributed by atoms with Gasteiger partial charge in [-0.05, 0) is 51.4 Å². The van der Waals surface area contributed by atoms with Crippen molar-refractivity contribution in [3.63, 3.8) is 0 Å². The monoisotopic (exact) mass is 865 g/mol. The van der Waals surface area contributed by atoms with Crippen molar-refractivity contribution in [3.05, 3.63) is 36.5 Å². The average molecular weight is 865 g/mol. The van der Waals surface area contributed by atoms with Crippen LogP contribution >= 0.6 is 0 Å². The normalized spacial score (nSPS) is 20.1. The summed E-state index contributed by atoms with van der Waals surface area (Å²) in [5.74, 6) is -0.315. The second-order valence-electron chi connectivity index (χ2n) is 17.6. The van der Waals surface area contributed by atoms with Crippen LogP contribution in [-0.2, 0) is 23.7 Å². The molecule has 358 valence electrons. The highest BCUT2D eigenvalue weighted by atomic mass is 16.7. The first-order chi connectivity index (χ1) is 29.9. The lowest BCUT2D eigenvalue weighted by Crippen LogP contribution is -2.59. The molecule has 0 saturated carbocycles. The van der Waals surface area contributed by atoms with Gasteiger partial charge in [0, 0.05) is 13.0 Å². The Hall–Kier alpha value is -1.59. The van der Waals surface area contributed by atoms with E-state index in [9.17, 15) is 25.2 Å². The number of allylic oxidation sites excluding steroid dienone is 6. The quantitative estimate of drug-likeness (QED) is 0.0268. The summed E-state index contributed by atoms with van der Waals surface area (Å²) in [7, 11) is 0. The highest BCUT2D eigenvalue weighted by Crippen LogP contribution is 2.23. The summed E-state index contributed by atoms with van der Waals surface area (Å²) >= 11 is 0. The molecule has 1 saturated heterocycles. The van der Waals surface area contributed by atoms with Crippen LogP contribution in [0, 0.1) is 0 Å². The van der Waals surface area contributed by atoms with E-state index in [1.807, 2.05) is 0 Å². The zero-order valence-electron chi connectivity index (χ0n) is 39.4. The smallest absolute Gasteiger partial charge is 0.306 e.